The van der Waals surface area contributed by atoms with Crippen molar-refractivity contribution in [1.29, 1.82) is 0 Å². The maximum atomic E-state index is 6.86. The molecule has 1 aromatic carbocycles. The Hall–Kier alpha value is -0.820. The van der Waals surface area contributed by atoms with E-state index in [1.54, 1.807) is 5.56 Å². The highest BCUT2D eigenvalue weighted by molar-refractivity contribution is 5.32. The Morgan fingerprint density at radius 3 is 2.55 bits per heavy atom. The first-order valence-electron chi connectivity index (χ1n) is 8.42. The van der Waals surface area contributed by atoms with Crippen LogP contribution in [0.15, 0.2) is 30.3 Å². The van der Waals surface area contributed by atoms with Crippen LogP contribution in [0.5, 0.6) is 0 Å². The summed E-state index contributed by atoms with van der Waals surface area (Å²) in [6, 6.07) is 11.3. The van der Waals surface area contributed by atoms with Gasteiger partial charge in [-0.3, -0.25) is 0 Å². The summed E-state index contributed by atoms with van der Waals surface area (Å²) in [4.78, 5) is 0. The fourth-order valence-corrected chi connectivity index (χ4v) is 6.64. The third-order valence-electron chi connectivity index (χ3n) is 6.39. The first-order valence-corrected chi connectivity index (χ1v) is 8.42. The Labute approximate surface area is 122 Å². The average molecular weight is 269 g/mol. The smallest absolute Gasteiger partial charge is 0.0170 e. The zero-order chi connectivity index (χ0) is 13.8. The van der Waals surface area contributed by atoms with Crippen LogP contribution in [0.2, 0.25) is 0 Å². The summed E-state index contributed by atoms with van der Waals surface area (Å²) >= 11 is 0. The summed E-state index contributed by atoms with van der Waals surface area (Å²) < 4.78 is 0. The van der Waals surface area contributed by atoms with E-state index < -0.39 is 0 Å². The van der Waals surface area contributed by atoms with Crippen molar-refractivity contribution in [2.75, 3.05) is 0 Å². The summed E-state index contributed by atoms with van der Waals surface area (Å²) in [5.74, 6) is 0.878. The lowest BCUT2D eigenvalue weighted by Gasteiger charge is -2.66. The van der Waals surface area contributed by atoms with Gasteiger partial charge in [-0.25, -0.2) is 0 Å². The fourth-order valence-electron chi connectivity index (χ4n) is 6.64. The predicted octanol–water partition coefficient (Wildman–Crippen LogP) is 4.41. The third kappa shape index (κ3) is 1.79. The Bertz CT molecular complexity index is 510. The molecule has 0 radical (unpaired) electrons. The summed E-state index contributed by atoms with van der Waals surface area (Å²) in [6.45, 7) is 2.34. The van der Waals surface area contributed by atoms with Gasteiger partial charge in [0.25, 0.3) is 0 Å². The maximum Gasteiger partial charge on any atom is 0.0170 e. The van der Waals surface area contributed by atoms with Crippen LogP contribution >= 0.6 is 0 Å². The van der Waals surface area contributed by atoms with Crippen molar-refractivity contribution < 1.29 is 0 Å². The molecule has 1 heteroatoms. The van der Waals surface area contributed by atoms with Gasteiger partial charge in [0, 0.05) is 5.54 Å². The molecule has 1 nitrogen and oxygen atoms in total. The van der Waals surface area contributed by atoms with Crippen LogP contribution in [0.1, 0.15) is 63.9 Å². The number of hydrogen-bond acceptors (Lipinski definition) is 1. The molecule has 4 aliphatic carbocycles. The molecule has 2 N–H and O–H groups in total. The molecule has 0 amide bonds. The van der Waals surface area contributed by atoms with Crippen LogP contribution in [-0.4, -0.2) is 5.54 Å². The predicted molar refractivity (Wildman–Crippen MR) is 83.6 cm³/mol. The summed E-state index contributed by atoms with van der Waals surface area (Å²) in [6.07, 6.45) is 10.7. The van der Waals surface area contributed by atoms with Gasteiger partial charge in [0.05, 0.1) is 0 Å². The minimum absolute atomic E-state index is 0.129. The van der Waals surface area contributed by atoms with E-state index in [9.17, 15) is 0 Å². The third-order valence-corrected chi connectivity index (χ3v) is 6.39. The van der Waals surface area contributed by atoms with Crippen LogP contribution in [0.25, 0.3) is 0 Å². The van der Waals surface area contributed by atoms with Gasteiger partial charge in [-0.05, 0) is 67.3 Å². The second-order valence-corrected chi connectivity index (χ2v) is 8.27. The molecular formula is C19H27N. The molecule has 0 spiro atoms. The van der Waals surface area contributed by atoms with Crippen LogP contribution < -0.4 is 5.73 Å². The topological polar surface area (TPSA) is 26.0 Å². The monoisotopic (exact) mass is 269 g/mol. The number of hydrogen-bond donors (Lipinski definition) is 1. The van der Waals surface area contributed by atoms with E-state index in [2.05, 4.69) is 37.3 Å². The Morgan fingerprint density at radius 1 is 1.05 bits per heavy atom. The van der Waals surface area contributed by atoms with E-state index in [1.807, 2.05) is 0 Å². The summed E-state index contributed by atoms with van der Waals surface area (Å²) in [7, 11) is 0. The molecule has 0 heterocycles. The highest BCUT2D eigenvalue weighted by Crippen LogP contribution is 2.67. The number of benzene rings is 1. The molecule has 4 aliphatic rings. The van der Waals surface area contributed by atoms with Crippen molar-refractivity contribution in [2.45, 2.75) is 69.2 Å². The largest absolute Gasteiger partial charge is 0.325 e. The van der Waals surface area contributed by atoms with Gasteiger partial charge in [-0.1, -0.05) is 43.7 Å². The number of nitrogens with two attached hydrogens (primary N) is 1. The molecule has 0 aliphatic heterocycles. The summed E-state index contributed by atoms with van der Waals surface area (Å²) in [5.41, 5.74) is 9.50. The van der Waals surface area contributed by atoms with Gasteiger partial charge in [0.2, 0.25) is 0 Å². The normalized spacial score (nSPS) is 45.8. The van der Waals surface area contributed by atoms with E-state index in [0.29, 0.717) is 10.8 Å². The molecule has 0 saturated heterocycles. The average Bonchev–Trinajstić information content (AvgIpc) is 2.36. The zero-order valence-electron chi connectivity index (χ0n) is 12.7. The molecule has 4 atom stereocenters. The molecule has 4 bridgehead atoms. The molecule has 4 unspecified atom stereocenters. The fraction of sp³-hybridized carbons (Fsp3) is 0.684. The molecular weight excluding hydrogens is 242 g/mol. The van der Waals surface area contributed by atoms with Gasteiger partial charge in [0.1, 0.15) is 0 Å². The van der Waals surface area contributed by atoms with E-state index in [1.165, 1.54) is 51.4 Å². The standard InChI is InChI=1S/C19H27N/c1-2-8-17-9-15-10-18(12-17,14-19(20,11-15)13-17)16-6-4-3-5-7-16/h3-7,15H,2,8-14,20H2,1H3. The van der Waals surface area contributed by atoms with E-state index in [-0.39, 0.29) is 5.54 Å². The van der Waals surface area contributed by atoms with E-state index in [4.69, 9.17) is 5.73 Å². The summed E-state index contributed by atoms with van der Waals surface area (Å²) in [5, 5.41) is 0. The molecule has 4 saturated carbocycles. The van der Waals surface area contributed by atoms with Gasteiger partial charge in [-0.15, -0.1) is 0 Å². The number of rotatable bonds is 3. The second-order valence-electron chi connectivity index (χ2n) is 8.27. The van der Waals surface area contributed by atoms with Crippen molar-refractivity contribution in [3.05, 3.63) is 35.9 Å². The first-order chi connectivity index (χ1) is 9.57. The maximum absolute atomic E-state index is 6.86. The molecule has 5 rings (SSSR count). The van der Waals surface area contributed by atoms with Crippen molar-refractivity contribution >= 4 is 0 Å². The van der Waals surface area contributed by atoms with Crippen LogP contribution in [0, 0.1) is 11.3 Å². The lowest BCUT2D eigenvalue weighted by atomic mass is 9.40. The van der Waals surface area contributed by atoms with Gasteiger partial charge >= 0.3 is 0 Å². The van der Waals surface area contributed by atoms with Gasteiger partial charge in [-0.2, -0.15) is 0 Å². The molecule has 4 fully saturated rings. The minimum atomic E-state index is 0.129. The Kier molecular flexibility index (Phi) is 2.64. The quantitative estimate of drug-likeness (QED) is 0.864. The lowest BCUT2D eigenvalue weighted by molar-refractivity contribution is -0.0894. The molecule has 1 aromatic rings. The van der Waals surface area contributed by atoms with Crippen molar-refractivity contribution in [3.8, 4) is 0 Å². The Balaban J connectivity index is 1.78. The SMILES string of the molecule is CCCC12CC3CC(N)(C1)CC(c1ccccc1)(C3)C2. The molecule has 20 heavy (non-hydrogen) atoms. The lowest BCUT2D eigenvalue weighted by Crippen LogP contribution is -2.65. The first kappa shape index (κ1) is 12.9. The molecule has 108 valence electrons. The Morgan fingerprint density at radius 2 is 1.85 bits per heavy atom. The van der Waals surface area contributed by atoms with Gasteiger partial charge < -0.3 is 5.73 Å². The van der Waals surface area contributed by atoms with Crippen molar-refractivity contribution in [3.63, 3.8) is 0 Å². The highest BCUT2D eigenvalue weighted by Gasteiger charge is 2.61. The van der Waals surface area contributed by atoms with Crippen molar-refractivity contribution in [1.82, 2.24) is 0 Å². The van der Waals surface area contributed by atoms with Gasteiger partial charge in [0.15, 0.2) is 0 Å². The van der Waals surface area contributed by atoms with E-state index >= 15 is 0 Å². The molecule has 0 aromatic heterocycles. The van der Waals surface area contributed by atoms with Crippen LogP contribution in [-0.2, 0) is 5.41 Å². The second kappa shape index (κ2) is 4.10. The minimum Gasteiger partial charge on any atom is -0.325 e. The zero-order valence-corrected chi connectivity index (χ0v) is 12.7. The van der Waals surface area contributed by atoms with Crippen molar-refractivity contribution in [2.24, 2.45) is 17.1 Å². The van der Waals surface area contributed by atoms with E-state index in [0.717, 1.165) is 5.92 Å². The van der Waals surface area contributed by atoms with Crippen LogP contribution in [0.4, 0.5) is 0 Å². The highest BCUT2D eigenvalue weighted by atomic mass is 14.8. The van der Waals surface area contributed by atoms with Crippen LogP contribution in [0.3, 0.4) is 0 Å².